The van der Waals surface area contributed by atoms with Crippen molar-refractivity contribution in [3.63, 3.8) is 0 Å². The van der Waals surface area contributed by atoms with E-state index in [0.717, 1.165) is 16.9 Å². The number of phenols is 1. The fourth-order valence-electron chi connectivity index (χ4n) is 2.54. The summed E-state index contributed by atoms with van der Waals surface area (Å²) in [5.41, 5.74) is 2.06. The van der Waals surface area contributed by atoms with Gasteiger partial charge in [0.05, 0.1) is 19.9 Å². The highest BCUT2D eigenvalue weighted by Crippen LogP contribution is 2.27. The number of hydrogen-bond donors (Lipinski definition) is 1. The minimum Gasteiger partial charge on any atom is -0.504 e. The molecule has 0 bridgehead atoms. The molecule has 0 unspecified atom stereocenters. The second-order valence-corrected chi connectivity index (χ2v) is 5.66. The van der Waals surface area contributed by atoms with Gasteiger partial charge in [0.1, 0.15) is 0 Å². The van der Waals surface area contributed by atoms with E-state index in [0.29, 0.717) is 24.7 Å². The van der Waals surface area contributed by atoms with Crippen molar-refractivity contribution in [1.82, 2.24) is 9.88 Å². The average molecular weight is 324 g/mol. The number of nitrogens with zero attached hydrogens (tertiary/aromatic N) is 2. The maximum atomic E-state index is 9.65. The summed E-state index contributed by atoms with van der Waals surface area (Å²) in [5, 5.41) is 9.65. The largest absolute Gasteiger partial charge is 0.504 e. The Hall–Kier alpha value is -2.79. The third-order valence-electron chi connectivity index (χ3n) is 3.71. The van der Waals surface area contributed by atoms with Crippen LogP contribution < -0.4 is 4.74 Å². The summed E-state index contributed by atoms with van der Waals surface area (Å²) < 4.78 is 11.0. The lowest BCUT2D eigenvalue weighted by atomic mass is 10.2. The van der Waals surface area contributed by atoms with Crippen LogP contribution in [0.25, 0.3) is 11.3 Å². The molecule has 2 aromatic carbocycles. The van der Waals surface area contributed by atoms with Gasteiger partial charge in [0.2, 0.25) is 5.89 Å². The molecule has 3 rings (SSSR count). The van der Waals surface area contributed by atoms with E-state index in [9.17, 15) is 5.11 Å². The summed E-state index contributed by atoms with van der Waals surface area (Å²) in [6, 6.07) is 15.3. The number of phenolic OH excluding ortho intramolecular Hbond substituents is 1. The van der Waals surface area contributed by atoms with Crippen LogP contribution in [0.4, 0.5) is 0 Å². The van der Waals surface area contributed by atoms with Crippen LogP contribution in [-0.4, -0.2) is 29.1 Å². The number of benzene rings is 2. The first-order valence-electron chi connectivity index (χ1n) is 7.70. The molecule has 1 N–H and O–H groups in total. The van der Waals surface area contributed by atoms with Crippen molar-refractivity contribution < 1.29 is 14.3 Å². The van der Waals surface area contributed by atoms with Crippen LogP contribution in [0.2, 0.25) is 0 Å². The molecule has 1 aromatic heterocycles. The standard InChI is InChI=1S/C19H20N2O3/c1-21(12-14-8-9-16(22)17(10-14)23-2)13-19-20-11-18(24-19)15-6-4-3-5-7-15/h3-11,22H,12-13H2,1-2H3. The Kier molecular flexibility index (Phi) is 4.82. The van der Waals surface area contributed by atoms with Gasteiger partial charge in [-0.1, -0.05) is 36.4 Å². The monoisotopic (exact) mass is 324 g/mol. The predicted octanol–water partition coefficient (Wildman–Crippen LogP) is 3.69. The fraction of sp³-hybridized carbons (Fsp3) is 0.211. The lowest BCUT2D eigenvalue weighted by Gasteiger charge is -2.15. The highest BCUT2D eigenvalue weighted by molar-refractivity contribution is 5.55. The molecule has 0 saturated heterocycles. The van der Waals surface area contributed by atoms with Crippen molar-refractivity contribution in [3.8, 4) is 22.8 Å². The molecule has 0 radical (unpaired) electrons. The Labute approximate surface area is 141 Å². The van der Waals surface area contributed by atoms with Crippen LogP contribution in [0, 0.1) is 0 Å². The molecule has 0 aliphatic heterocycles. The van der Waals surface area contributed by atoms with E-state index in [1.165, 1.54) is 0 Å². The minimum atomic E-state index is 0.143. The van der Waals surface area contributed by atoms with Crippen molar-refractivity contribution in [3.05, 3.63) is 66.2 Å². The summed E-state index contributed by atoms with van der Waals surface area (Å²) in [6.07, 6.45) is 1.75. The third-order valence-corrected chi connectivity index (χ3v) is 3.71. The normalized spacial score (nSPS) is 11.0. The smallest absolute Gasteiger partial charge is 0.209 e. The van der Waals surface area contributed by atoms with Gasteiger partial charge in [0.15, 0.2) is 17.3 Å². The van der Waals surface area contributed by atoms with Crippen molar-refractivity contribution in [1.29, 1.82) is 0 Å². The van der Waals surface area contributed by atoms with Gasteiger partial charge in [-0.3, -0.25) is 4.90 Å². The first-order chi connectivity index (χ1) is 11.7. The zero-order valence-corrected chi connectivity index (χ0v) is 13.8. The van der Waals surface area contributed by atoms with Gasteiger partial charge in [-0.15, -0.1) is 0 Å². The molecule has 24 heavy (non-hydrogen) atoms. The van der Waals surface area contributed by atoms with Crippen molar-refractivity contribution in [2.45, 2.75) is 13.1 Å². The molecule has 3 aromatic rings. The van der Waals surface area contributed by atoms with Crippen molar-refractivity contribution in [2.75, 3.05) is 14.2 Å². The summed E-state index contributed by atoms with van der Waals surface area (Å²) in [4.78, 5) is 6.44. The molecule has 0 saturated carbocycles. The number of methoxy groups -OCH3 is 1. The first kappa shape index (κ1) is 16.1. The third kappa shape index (κ3) is 3.75. The summed E-state index contributed by atoms with van der Waals surface area (Å²) in [5.74, 6) is 2.06. The van der Waals surface area contributed by atoms with Crippen LogP contribution in [0.5, 0.6) is 11.5 Å². The van der Waals surface area contributed by atoms with Crippen molar-refractivity contribution >= 4 is 0 Å². The Morgan fingerprint density at radius 3 is 2.67 bits per heavy atom. The van der Waals surface area contributed by atoms with Gasteiger partial charge in [-0.25, -0.2) is 4.98 Å². The van der Waals surface area contributed by atoms with E-state index in [1.54, 1.807) is 19.4 Å². The van der Waals surface area contributed by atoms with Crippen LogP contribution in [0.1, 0.15) is 11.5 Å². The molecule has 5 heteroatoms. The fourth-order valence-corrected chi connectivity index (χ4v) is 2.54. The van der Waals surface area contributed by atoms with E-state index >= 15 is 0 Å². The van der Waals surface area contributed by atoms with Crippen LogP contribution in [0.15, 0.2) is 59.1 Å². The molecule has 0 fully saturated rings. The van der Waals surface area contributed by atoms with Gasteiger partial charge < -0.3 is 14.3 Å². The lowest BCUT2D eigenvalue weighted by Crippen LogP contribution is -2.17. The second kappa shape index (κ2) is 7.19. The van der Waals surface area contributed by atoms with Crippen molar-refractivity contribution in [2.24, 2.45) is 0 Å². The molecule has 0 amide bonds. The number of aromatic nitrogens is 1. The van der Waals surface area contributed by atoms with E-state index in [4.69, 9.17) is 9.15 Å². The summed E-state index contributed by atoms with van der Waals surface area (Å²) in [7, 11) is 3.53. The van der Waals surface area contributed by atoms with Gasteiger partial charge in [-0.05, 0) is 24.7 Å². The van der Waals surface area contributed by atoms with Gasteiger partial charge in [0, 0.05) is 12.1 Å². The Bertz CT molecular complexity index is 799. The number of rotatable bonds is 6. The topological polar surface area (TPSA) is 58.7 Å². The molecule has 0 aliphatic rings. The van der Waals surface area contributed by atoms with Crippen LogP contribution >= 0.6 is 0 Å². The molecule has 0 spiro atoms. The molecular weight excluding hydrogens is 304 g/mol. The second-order valence-electron chi connectivity index (χ2n) is 5.66. The maximum Gasteiger partial charge on any atom is 0.209 e. The number of hydrogen-bond acceptors (Lipinski definition) is 5. The zero-order valence-electron chi connectivity index (χ0n) is 13.8. The quantitative estimate of drug-likeness (QED) is 0.749. The zero-order chi connectivity index (χ0) is 16.9. The Morgan fingerprint density at radius 1 is 1.12 bits per heavy atom. The molecule has 5 nitrogen and oxygen atoms in total. The summed E-state index contributed by atoms with van der Waals surface area (Å²) in [6.45, 7) is 1.29. The number of oxazole rings is 1. The van der Waals surface area contributed by atoms with E-state index < -0.39 is 0 Å². The SMILES string of the molecule is COc1cc(CN(C)Cc2ncc(-c3ccccc3)o2)ccc1O. The average Bonchev–Trinajstić information content (AvgIpc) is 3.05. The number of ether oxygens (including phenoxy) is 1. The molecule has 124 valence electrons. The van der Waals surface area contributed by atoms with Gasteiger partial charge >= 0.3 is 0 Å². The molecule has 0 atom stereocenters. The predicted molar refractivity (Wildman–Crippen MR) is 91.8 cm³/mol. The van der Waals surface area contributed by atoms with Crippen LogP contribution in [0.3, 0.4) is 0 Å². The lowest BCUT2D eigenvalue weighted by molar-refractivity contribution is 0.282. The summed E-state index contributed by atoms with van der Waals surface area (Å²) >= 11 is 0. The van der Waals surface area contributed by atoms with E-state index in [2.05, 4.69) is 9.88 Å². The van der Waals surface area contributed by atoms with Crippen LogP contribution in [-0.2, 0) is 13.1 Å². The Balaban J connectivity index is 1.65. The highest BCUT2D eigenvalue weighted by atomic mass is 16.5. The van der Waals surface area contributed by atoms with Gasteiger partial charge in [-0.2, -0.15) is 0 Å². The molecule has 1 heterocycles. The van der Waals surface area contributed by atoms with Gasteiger partial charge in [0.25, 0.3) is 0 Å². The maximum absolute atomic E-state index is 9.65. The van der Waals surface area contributed by atoms with E-state index in [1.807, 2.05) is 49.5 Å². The molecule has 0 aliphatic carbocycles. The number of aromatic hydroxyl groups is 1. The highest BCUT2D eigenvalue weighted by Gasteiger charge is 2.10. The first-order valence-corrected chi connectivity index (χ1v) is 7.70. The Morgan fingerprint density at radius 2 is 1.92 bits per heavy atom. The molecular formula is C19H20N2O3. The van der Waals surface area contributed by atoms with E-state index in [-0.39, 0.29) is 5.75 Å². The minimum absolute atomic E-state index is 0.143.